The molecule has 6 heteroatoms. The number of thiophene rings is 1. The molecular weight excluding hydrogens is 382 g/mol. The highest BCUT2D eigenvalue weighted by Gasteiger charge is 2.20. The van der Waals surface area contributed by atoms with Crippen molar-refractivity contribution < 1.29 is 4.79 Å². The number of nitrogens with zero attached hydrogens (tertiary/aromatic N) is 2. The van der Waals surface area contributed by atoms with Crippen molar-refractivity contribution in [1.29, 1.82) is 0 Å². The number of carbonyl (C=O) groups is 1. The van der Waals surface area contributed by atoms with Crippen LogP contribution in [0.2, 0.25) is 0 Å². The first kappa shape index (κ1) is 19.8. The first-order valence-corrected chi connectivity index (χ1v) is 11.3. The van der Waals surface area contributed by atoms with Gasteiger partial charge in [-0.2, -0.15) is 0 Å². The maximum Gasteiger partial charge on any atom is 0.259 e. The summed E-state index contributed by atoms with van der Waals surface area (Å²) in [5, 5.41) is 0.775. The van der Waals surface area contributed by atoms with Crippen molar-refractivity contribution in [2.24, 2.45) is 0 Å². The molecule has 1 amide bonds. The second kappa shape index (κ2) is 8.91. The quantitative estimate of drug-likeness (QED) is 0.635. The summed E-state index contributed by atoms with van der Waals surface area (Å²) in [4.78, 5) is 37.2. The van der Waals surface area contributed by atoms with Crippen molar-refractivity contribution in [3.8, 4) is 0 Å². The van der Waals surface area contributed by atoms with Gasteiger partial charge >= 0.3 is 0 Å². The number of amides is 1. The third-order valence-electron chi connectivity index (χ3n) is 5.51. The maximum absolute atomic E-state index is 12.8. The second-order valence-electron chi connectivity index (χ2n) is 7.70. The van der Waals surface area contributed by atoms with Crippen LogP contribution in [0.4, 0.5) is 0 Å². The number of rotatable bonds is 7. The van der Waals surface area contributed by atoms with E-state index in [4.69, 9.17) is 4.98 Å². The molecule has 29 heavy (non-hydrogen) atoms. The predicted molar refractivity (Wildman–Crippen MR) is 117 cm³/mol. The highest BCUT2D eigenvalue weighted by atomic mass is 32.1. The average Bonchev–Trinajstić information content (AvgIpc) is 3.11. The van der Waals surface area contributed by atoms with Gasteiger partial charge in [0, 0.05) is 30.8 Å². The molecule has 1 N–H and O–H groups in total. The lowest BCUT2D eigenvalue weighted by Crippen LogP contribution is -2.31. The number of fused-ring (bicyclic) bond motifs is 3. The molecule has 2 aromatic heterocycles. The average molecular weight is 410 g/mol. The summed E-state index contributed by atoms with van der Waals surface area (Å²) in [7, 11) is 0. The standard InChI is InChI=1S/C23H27N3O2S/c1-2-14-26(15-16-8-4-3-5-9-16)20(27)13-12-19-24-22(28)21-17-10-6-7-11-18(17)29-23(21)25-19/h3-5,8-9H,2,6-7,10-15H2,1H3,(H,24,25,28). The first-order valence-electron chi connectivity index (χ1n) is 10.5. The molecule has 2 heterocycles. The molecular formula is C23H27N3O2S. The Labute approximate surface area is 174 Å². The number of hydrogen-bond acceptors (Lipinski definition) is 4. The zero-order valence-corrected chi connectivity index (χ0v) is 17.7. The number of benzene rings is 1. The monoisotopic (exact) mass is 409 g/mol. The molecule has 0 spiro atoms. The molecule has 0 saturated heterocycles. The van der Waals surface area contributed by atoms with E-state index in [1.807, 2.05) is 35.2 Å². The summed E-state index contributed by atoms with van der Waals surface area (Å²) >= 11 is 1.65. The second-order valence-corrected chi connectivity index (χ2v) is 8.79. The summed E-state index contributed by atoms with van der Waals surface area (Å²) in [6.45, 7) is 3.43. The van der Waals surface area contributed by atoms with Gasteiger partial charge in [0.05, 0.1) is 5.39 Å². The third-order valence-corrected chi connectivity index (χ3v) is 6.70. The fourth-order valence-corrected chi connectivity index (χ4v) is 5.36. The molecule has 3 aromatic rings. The number of aryl methyl sites for hydroxylation is 3. The highest BCUT2D eigenvalue weighted by molar-refractivity contribution is 7.18. The number of nitrogens with one attached hydrogen (secondary N) is 1. The zero-order valence-electron chi connectivity index (χ0n) is 16.9. The summed E-state index contributed by atoms with van der Waals surface area (Å²) in [5.74, 6) is 0.717. The van der Waals surface area contributed by atoms with Crippen molar-refractivity contribution >= 4 is 27.5 Å². The van der Waals surface area contributed by atoms with E-state index in [-0.39, 0.29) is 11.5 Å². The van der Waals surface area contributed by atoms with Gasteiger partial charge in [-0.25, -0.2) is 4.98 Å². The van der Waals surface area contributed by atoms with Crippen LogP contribution >= 0.6 is 11.3 Å². The van der Waals surface area contributed by atoms with E-state index < -0.39 is 0 Å². The number of carbonyl (C=O) groups excluding carboxylic acids is 1. The highest BCUT2D eigenvalue weighted by Crippen LogP contribution is 2.33. The largest absolute Gasteiger partial charge is 0.338 e. The number of hydrogen-bond donors (Lipinski definition) is 1. The fourth-order valence-electron chi connectivity index (χ4n) is 4.08. The van der Waals surface area contributed by atoms with Gasteiger partial charge in [-0.1, -0.05) is 37.3 Å². The molecule has 1 aromatic carbocycles. The van der Waals surface area contributed by atoms with Crippen molar-refractivity contribution in [1.82, 2.24) is 14.9 Å². The van der Waals surface area contributed by atoms with E-state index >= 15 is 0 Å². The minimum Gasteiger partial charge on any atom is -0.338 e. The van der Waals surface area contributed by atoms with Gasteiger partial charge in [-0.05, 0) is 43.2 Å². The van der Waals surface area contributed by atoms with E-state index in [1.165, 1.54) is 16.9 Å². The summed E-state index contributed by atoms with van der Waals surface area (Å²) in [6.07, 6.45) is 6.09. The number of aromatic amines is 1. The topological polar surface area (TPSA) is 66.1 Å². The molecule has 4 rings (SSSR count). The van der Waals surface area contributed by atoms with Crippen LogP contribution in [0.3, 0.4) is 0 Å². The van der Waals surface area contributed by atoms with Crippen LogP contribution in [0.1, 0.15) is 54.4 Å². The van der Waals surface area contributed by atoms with Crippen LogP contribution in [0.15, 0.2) is 35.1 Å². The molecule has 0 radical (unpaired) electrons. The zero-order chi connectivity index (χ0) is 20.2. The molecule has 0 bridgehead atoms. The molecule has 1 aliphatic carbocycles. The first-order chi connectivity index (χ1) is 14.2. The maximum atomic E-state index is 12.8. The number of H-pyrrole nitrogens is 1. The van der Waals surface area contributed by atoms with E-state index in [9.17, 15) is 9.59 Å². The Morgan fingerprint density at radius 3 is 2.79 bits per heavy atom. The summed E-state index contributed by atoms with van der Waals surface area (Å²) in [6, 6.07) is 10.1. The molecule has 5 nitrogen and oxygen atoms in total. The Morgan fingerprint density at radius 1 is 1.21 bits per heavy atom. The van der Waals surface area contributed by atoms with Gasteiger partial charge < -0.3 is 9.88 Å². The van der Waals surface area contributed by atoms with E-state index in [2.05, 4.69) is 11.9 Å². The molecule has 0 unspecified atom stereocenters. The van der Waals surface area contributed by atoms with Crippen molar-refractivity contribution in [3.63, 3.8) is 0 Å². The Morgan fingerprint density at radius 2 is 2.00 bits per heavy atom. The molecule has 1 aliphatic rings. The third kappa shape index (κ3) is 4.42. The van der Waals surface area contributed by atoms with Crippen LogP contribution in [-0.2, 0) is 30.6 Å². The smallest absolute Gasteiger partial charge is 0.259 e. The SMILES string of the molecule is CCCN(Cc1ccccc1)C(=O)CCc1nc2sc3c(c2c(=O)[nH]1)CCCC3. The lowest BCUT2D eigenvalue weighted by Gasteiger charge is -2.22. The van der Waals surface area contributed by atoms with Crippen LogP contribution in [0.5, 0.6) is 0 Å². The van der Waals surface area contributed by atoms with Crippen LogP contribution < -0.4 is 5.56 Å². The predicted octanol–water partition coefficient (Wildman–Crippen LogP) is 4.23. The van der Waals surface area contributed by atoms with Gasteiger partial charge in [0.1, 0.15) is 10.7 Å². The van der Waals surface area contributed by atoms with E-state index in [0.717, 1.165) is 48.0 Å². The van der Waals surface area contributed by atoms with Gasteiger partial charge in [0.2, 0.25) is 5.91 Å². The summed E-state index contributed by atoms with van der Waals surface area (Å²) in [5.41, 5.74) is 2.28. The fraction of sp³-hybridized carbons (Fsp3) is 0.435. The van der Waals surface area contributed by atoms with E-state index in [0.29, 0.717) is 25.2 Å². The number of aromatic nitrogens is 2. The molecule has 0 aliphatic heterocycles. The van der Waals surface area contributed by atoms with Crippen molar-refractivity contribution in [3.05, 3.63) is 62.5 Å². The van der Waals surface area contributed by atoms with Gasteiger partial charge in [-0.3, -0.25) is 9.59 Å². The summed E-state index contributed by atoms with van der Waals surface area (Å²) < 4.78 is 0. The van der Waals surface area contributed by atoms with E-state index in [1.54, 1.807) is 11.3 Å². The molecule has 0 saturated carbocycles. The van der Waals surface area contributed by atoms with Crippen molar-refractivity contribution in [2.45, 2.75) is 58.4 Å². The Balaban J connectivity index is 1.47. The molecule has 0 atom stereocenters. The molecule has 152 valence electrons. The Kier molecular flexibility index (Phi) is 6.09. The van der Waals surface area contributed by atoms with Gasteiger partial charge in [0.25, 0.3) is 5.56 Å². The Bertz CT molecular complexity index is 1060. The minimum absolute atomic E-state index is 0.0495. The van der Waals surface area contributed by atoms with Crippen LogP contribution in [0.25, 0.3) is 10.2 Å². The van der Waals surface area contributed by atoms with Crippen molar-refractivity contribution in [2.75, 3.05) is 6.54 Å². The lowest BCUT2D eigenvalue weighted by atomic mass is 9.97. The lowest BCUT2D eigenvalue weighted by molar-refractivity contribution is -0.131. The normalized spacial score (nSPS) is 13.4. The molecule has 0 fully saturated rings. The van der Waals surface area contributed by atoms with Gasteiger partial charge in [0.15, 0.2) is 0 Å². The van der Waals surface area contributed by atoms with Gasteiger partial charge in [-0.15, -0.1) is 11.3 Å². The Hall–Kier alpha value is -2.47. The minimum atomic E-state index is -0.0495. The van der Waals surface area contributed by atoms with Crippen LogP contribution in [-0.4, -0.2) is 27.3 Å². The van der Waals surface area contributed by atoms with Crippen LogP contribution in [0, 0.1) is 0 Å².